The summed E-state index contributed by atoms with van der Waals surface area (Å²) in [5.41, 5.74) is 0. The Hall–Kier alpha value is -0.880. The van der Waals surface area contributed by atoms with Crippen molar-refractivity contribution in [2.45, 2.75) is 94.5 Å². The number of unbranched alkanes of at least 4 members (excludes halogenated alkanes) is 2. The summed E-state index contributed by atoms with van der Waals surface area (Å²) in [7, 11) is -14.9. The third kappa shape index (κ3) is 6.79. The molecule has 0 aromatic heterocycles. The van der Waals surface area contributed by atoms with E-state index in [2.05, 4.69) is 13.8 Å². The first-order chi connectivity index (χ1) is 17.5. The van der Waals surface area contributed by atoms with E-state index in [0.717, 1.165) is 0 Å². The number of quaternary nitrogens is 2. The summed E-state index contributed by atoms with van der Waals surface area (Å²) < 4.78 is 173. The van der Waals surface area contributed by atoms with Crippen LogP contribution in [0.1, 0.15) is 71.6 Å². The Labute approximate surface area is 222 Å². The van der Waals surface area contributed by atoms with Gasteiger partial charge in [-0.3, -0.25) is 0 Å². The van der Waals surface area contributed by atoms with Crippen LogP contribution in [0.4, 0.5) is 43.9 Å². The summed E-state index contributed by atoms with van der Waals surface area (Å²) in [4.78, 5) is 0. The van der Waals surface area contributed by atoms with E-state index in [1.54, 1.807) is 0 Å². The van der Waals surface area contributed by atoms with E-state index in [4.69, 9.17) is 0 Å². The van der Waals surface area contributed by atoms with Crippen molar-refractivity contribution >= 4 is 20.0 Å². The molecule has 2 fully saturated rings. The van der Waals surface area contributed by atoms with E-state index in [1.807, 2.05) is 0 Å². The van der Waals surface area contributed by atoms with Crippen LogP contribution in [0.2, 0.25) is 0 Å². The molecular formula is C21H36F10N2O4S2+2. The molecule has 0 aliphatic carbocycles. The molecule has 39 heavy (non-hydrogen) atoms. The molecule has 0 radical (unpaired) electrons. The highest BCUT2D eigenvalue weighted by molar-refractivity contribution is 7.99. The van der Waals surface area contributed by atoms with E-state index >= 15 is 0 Å². The van der Waals surface area contributed by atoms with Gasteiger partial charge in [0, 0.05) is 12.8 Å². The average Bonchev–Trinajstić information content (AvgIpc) is 3.29. The third-order valence-corrected chi connectivity index (χ3v) is 12.6. The van der Waals surface area contributed by atoms with Crippen LogP contribution in [-0.4, -0.2) is 86.7 Å². The Morgan fingerprint density at radius 1 is 0.538 bits per heavy atom. The second-order valence-corrected chi connectivity index (χ2v) is 14.5. The van der Waals surface area contributed by atoms with Gasteiger partial charge in [-0.15, -0.1) is 3.29 Å². The van der Waals surface area contributed by atoms with Crippen LogP contribution < -0.4 is 0 Å². The van der Waals surface area contributed by atoms with Gasteiger partial charge >= 0.3 is 42.9 Å². The zero-order valence-corrected chi connectivity index (χ0v) is 23.4. The summed E-state index contributed by atoms with van der Waals surface area (Å²) >= 11 is 0. The van der Waals surface area contributed by atoms with Crippen molar-refractivity contribution in [2.24, 2.45) is 0 Å². The number of hydrogen-bond acceptors (Lipinski definition) is 4. The van der Waals surface area contributed by atoms with Crippen LogP contribution in [0, 0.1) is 0 Å². The topological polar surface area (TPSA) is 68.3 Å². The zero-order chi connectivity index (χ0) is 30.6. The number of alkyl halides is 10. The van der Waals surface area contributed by atoms with Gasteiger partial charge in [-0.05, 0) is 32.1 Å². The van der Waals surface area contributed by atoms with Crippen molar-refractivity contribution in [3.8, 4) is 0 Å². The molecule has 2 aliphatic rings. The highest BCUT2D eigenvalue weighted by Crippen LogP contribution is 2.51. The summed E-state index contributed by atoms with van der Waals surface area (Å²) in [6.45, 7) is 6.84. The summed E-state index contributed by atoms with van der Waals surface area (Å²) in [5.74, 6) is 0. The fourth-order valence-electron chi connectivity index (χ4n) is 4.87. The largest absolute Gasteiger partial charge is 0.491 e. The highest BCUT2D eigenvalue weighted by Gasteiger charge is 2.83. The van der Waals surface area contributed by atoms with Crippen LogP contribution >= 0.6 is 0 Å². The molecule has 0 bridgehead atoms. The maximum Gasteiger partial charge on any atom is 0.491 e. The minimum atomic E-state index is -7.47. The molecule has 6 nitrogen and oxygen atoms in total. The van der Waals surface area contributed by atoms with Crippen LogP contribution in [-0.2, 0) is 20.0 Å². The van der Waals surface area contributed by atoms with Crippen LogP contribution in [0.25, 0.3) is 0 Å². The summed E-state index contributed by atoms with van der Waals surface area (Å²) in [6, 6.07) is 0. The average molecular weight is 635 g/mol. The second kappa shape index (κ2) is 12.5. The SMILES string of the molecule is CCCC[N+]1(CCCC)CCCC1.O=S(=O)(C(F)(F)C(F)(F)F)[N+]1(S(=O)(=O)C(F)(F)C(F)(F)F)CCCCC1. The predicted molar refractivity (Wildman–Crippen MR) is 122 cm³/mol. The molecule has 0 amide bonds. The Morgan fingerprint density at radius 3 is 1.13 bits per heavy atom. The van der Waals surface area contributed by atoms with Gasteiger partial charge in [-0.1, -0.05) is 26.7 Å². The van der Waals surface area contributed by atoms with E-state index in [-0.39, 0.29) is 6.42 Å². The minimum Gasteiger partial charge on any atom is -0.324 e. The molecular weight excluding hydrogens is 598 g/mol. The Kier molecular flexibility index (Phi) is 11.6. The fourth-order valence-corrected chi connectivity index (χ4v) is 9.36. The number of rotatable bonds is 10. The third-order valence-electron chi connectivity index (χ3n) is 7.17. The van der Waals surface area contributed by atoms with E-state index in [0.29, 0.717) is 0 Å². The van der Waals surface area contributed by atoms with Gasteiger partial charge in [-0.2, -0.15) is 60.7 Å². The first kappa shape index (κ1) is 36.1. The molecule has 0 aromatic carbocycles. The maximum absolute atomic E-state index is 13.4. The van der Waals surface area contributed by atoms with Gasteiger partial charge < -0.3 is 4.48 Å². The summed E-state index contributed by atoms with van der Waals surface area (Å²) in [6.07, 6.45) is -7.09. The number of nitrogens with zero attached hydrogens (tertiary/aromatic N) is 2. The number of likely N-dealkylation sites (tertiary alicyclic amines) is 1. The standard InChI is InChI=1S/C12H26N.C9H10F10NO4S2/c1-3-5-9-13(10-6-4-2)11-7-8-12-13;10-6(11,12)8(16,17)25(21,22)20(4-2-1-3-5-20)26(23,24)9(18,19)7(13,14)15/h3-12H2,1-2H3;1-5H2/q2*+1. The van der Waals surface area contributed by atoms with Gasteiger partial charge in [0.25, 0.3) is 0 Å². The number of halogens is 10. The molecule has 0 unspecified atom stereocenters. The molecule has 0 saturated carbocycles. The van der Waals surface area contributed by atoms with Gasteiger partial charge in [0.05, 0.1) is 26.2 Å². The minimum absolute atomic E-state index is 0.180. The molecule has 0 spiro atoms. The first-order valence-corrected chi connectivity index (χ1v) is 15.5. The van der Waals surface area contributed by atoms with Crippen molar-refractivity contribution in [1.29, 1.82) is 0 Å². The first-order valence-electron chi connectivity index (χ1n) is 12.6. The molecule has 2 aliphatic heterocycles. The van der Waals surface area contributed by atoms with E-state index < -0.39 is 72.1 Å². The summed E-state index contributed by atoms with van der Waals surface area (Å²) in [5, 5.41) is -13.8. The predicted octanol–water partition coefficient (Wildman–Crippen LogP) is 6.15. The Bertz CT molecular complexity index is 933. The normalized spacial score (nSPS) is 20.8. The van der Waals surface area contributed by atoms with E-state index in [9.17, 15) is 60.7 Å². The van der Waals surface area contributed by atoms with Crippen molar-refractivity contribution in [3.05, 3.63) is 0 Å². The lowest BCUT2D eigenvalue weighted by molar-refractivity contribution is -0.917. The lowest BCUT2D eigenvalue weighted by atomic mass is 10.2. The molecule has 18 heteroatoms. The van der Waals surface area contributed by atoms with Crippen molar-refractivity contribution < 1.29 is 68.5 Å². The lowest BCUT2D eigenvalue weighted by Gasteiger charge is -2.41. The Balaban J connectivity index is 0.000000487. The molecule has 0 N–H and O–H groups in total. The second-order valence-electron chi connectivity index (χ2n) is 9.95. The Morgan fingerprint density at radius 2 is 0.846 bits per heavy atom. The maximum atomic E-state index is 13.4. The quantitative estimate of drug-likeness (QED) is 0.214. The van der Waals surface area contributed by atoms with Gasteiger partial charge in [0.1, 0.15) is 13.1 Å². The van der Waals surface area contributed by atoms with Crippen molar-refractivity contribution in [3.63, 3.8) is 0 Å². The van der Waals surface area contributed by atoms with Gasteiger partial charge in [0.15, 0.2) is 0 Å². The molecule has 2 saturated heterocycles. The smallest absolute Gasteiger partial charge is 0.324 e. The molecule has 0 aromatic rings. The number of piperidine rings is 1. The number of sulfonamides is 2. The monoisotopic (exact) mass is 634 g/mol. The molecule has 0 atom stereocenters. The molecule has 2 heterocycles. The van der Waals surface area contributed by atoms with Gasteiger partial charge in [0.2, 0.25) is 0 Å². The van der Waals surface area contributed by atoms with Crippen LogP contribution in [0.15, 0.2) is 0 Å². The van der Waals surface area contributed by atoms with E-state index in [1.165, 1.54) is 69.2 Å². The molecule has 2 rings (SSSR count). The number of hydrogen-bond donors (Lipinski definition) is 0. The fraction of sp³-hybridized carbons (Fsp3) is 1.00. The van der Waals surface area contributed by atoms with Crippen LogP contribution in [0.3, 0.4) is 0 Å². The lowest BCUT2D eigenvalue weighted by Crippen LogP contribution is -2.70. The van der Waals surface area contributed by atoms with Crippen LogP contribution in [0.5, 0.6) is 0 Å². The van der Waals surface area contributed by atoms with Gasteiger partial charge in [-0.25, -0.2) is 0 Å². The highest BCUT2D eigenvalue weighted by atomic mass is 32.3. The van der Waals surface area contributed by atoms with Crippen molar-refractivity contribution in [2.75, 3.05) is 39.3 Å². The molecule has 234 valence electrons. The zero-order valence-electron chi connectivity index (χ0n) is 21.7. The van der Waals surface area contributed by atoms with Crippen molar-refractivity contribution in [1.82, 2.24) is 0 Å².